The van der Waals surface area contributed by atoms with E-state index < -0.39 is 4.87 Å². The molecule has 2 aliphatic rings. The molecule has 8 heteroatoms. The lowest BCUT2D eigenvalue weighted by Crippen LogP contribution is -2.49. The van der Waals surface area contributed by atoms with Crippen molar-refractivity contribution in [3.63, 3.8) is 0 Å². The van der Waals surface area contributed by atoms with Crippen molar-refractivity contribution in [1.29, 1.82) is 0 Å². The molecule has 0 spiro atoms. The smallest absolute Gasteiger partial charge is 0.263 e. The number of amides is 2. The number of carbonyl (C=O) groups is 2. The van der Waals surface area contributed by atoms with Crippen molar-refractivity contribution in [2.75, 3.05) is 10.2 Å². The van der Waals surface area contributed by atoms with Crippen molar-refractivity contribution in [3.8, 4) is 11.4 Å². The van der Waals surface area contributed by atoms with Gasteiger partial charge in [0, 0.05) is 22.9 Å². The van der Waals surface area contributed by atoms with Crippen LogP contribution < -0.4 is 10.2 Å². The van der Waals surface area contributed by atoms with Gasteiger partial charge in [-0.2, -0.15) is 0 Å². The second kappa shape index (κ2) is 6.17. The number of benzene rings is 1. The lowest BCUT2D eigenvalue weighted by Gasteiger charge is -2.29. The van der Waals surface area contributed by atoms with Gasteiger partial charge >= 0.3 is 0 Å². The van der Waals surface area contributed by atoms with E-state index in [9.17, 15) is 9.59 Å². The fraction of sp³-hybridized carbons (Fsp3) is 0.158. The second-order valence-electron chi connectivity index (χ2n) is 6.29. The zero-order valence-electron chi connectivity index (χ0n) is 14.1. The summed E-state index contributed by atoms with van der Waals surface area (Å²) in [5, 5.41) is 5.29. The van der Waals surface area contributed by atoms with Crippen molar-refractivity contribution in [1.82, 2.24) is 9.97 Å². The van der Waals surface area contributed by atoms with Crippen LogP contribution in [0.1, 0.15) is 12.8 Å². The maximum Gasteiger partial charge on any atom is 0.263 e. The molecule has 0 radical (unpaired) electrons. The number of hydrogen-bond donors (Lipinski definition) is 1. The van der Waals surface area contributed by atoms with Gasteiger partial charge in [-0.3, -0.25) is 24.8 Å². The molecule has 5 rings (SSSR count). The van der Waals surface area contributed by atoms with Gasteiger partial charge in [0.25, 0.3) is 5.91 Å². The number of fused-ring (bicyclic) bond motifs is 3. The number of anilines is 2. The van der Waals surface area contributed by atoms with E-state index in [-0.39, 0.29) is 11.8 Å². The van der Waals surface area contributed by atoms with Gasteiger partial charge in [-0.05, 0) is 30.7 Å². The number of aromatic nitrogens is 2. The van der Waals surface area contributed by atoms with E-state index in [0.717, 1.165) is 22.0 Å². The molecule has 1 unspecified atom stereocenters. The Morgan fingerprint density at radius 3 is 2.85 bits per heavy atom. The first-order chi connectivity index (χ1) is 13.2. The third-order valence-electron chi connectivity index (χ3n) is 4.68. The summed E-state index contributed by atoms with van der Waals surface area (Å²) < 4.78 is 0. The van der Waals surface area contributed by atoms with Crippen LogP contribution >= 0.6 is 23.1 Å². The Morgan fingerprint density at radius 1 is 1.15 bits per heavy atom. The fourth-order valence-electron chi connectivity index (χ4n) is 3.46. The average molecular weight is 394 g/mol. The van der Waals surface area contributed by atoms with Crippen LogP contribution in [0.25, 0.3) is 11.4 Å². The second-order valence-corrected chi connectivity index (χ2v) is 8.47. The SMILES string of the molecule is O=C1CCC2(C(=O)Nc3nc(-c4ccccn4)cs3)Sc3ccccc3N12. The highest BCUT2D eigenvalue weighted by atomic mass is 32.2. The summed E-state index contributed by atoms with van der Waals surface area (Å²) in [4.78, 5) is 36.1. The number of carbonyl (C=O) groups excluding carboxylic acids is 2. The van der Waals surface area contributed by atoms with Gasteiger partial charge < -0.3 is 0 Å². The van der Waals surface area contributed by atoms with E-state index in [2.05, 4.69) is 15.3 Å². The predicted octanol–water partition coefficient (Wildman–Crippen LogP) is 3.77. The third-order valence-corrected chi connectivity index (χ3v) is 6.91. The molecule has 4 heterocycles. The summed E-state index contributed by atoms with van der Waals surface area (Å²) in [6.07, 6.45) is 2.56. The number of para-hydroxylation sites is 1. The quantitative estimate of drug-likeness (QED) is 0.732. The van der Waals surface area contributed by atoms with E-state index >= 15 is 0 Å². The molecule has 0 bridgehead atoms. The first-order valence-corrected chi connectivity index (χ1v) is 10.2. The maximum absolute atomic E-state index is 13.2. The van der Waals surface area contributed by atoms with Crippen LogP contribution in [-0.2, 0) is 9.59 Å². The standard InChI is InChI=1S/C19H14N4O2S2/c24-16-8-9-19(23(16)14-6-1-2-7-15(14)27-19)17(25)22-18-21-13(11-26-18)12-5-3-4-10-20-12/h1-7,10-11H,8-9H2,(H,21,22,25). The molecular formula is C19H14N4O2S2. The molecule has 1 atom stereocenters. The van der Waals surface area contributed by atoms with Crippen LogP contribution in [0.2, 0.25) is 0 Å². The molecule has 0 aliphatic carbocycles. The maximum atomic E-state index is 13.2. The van der Waals surface area contributed by atoms with Gasteiger partial charge in [0.05, 0.1) is 11.4 Å². The first kappa shape index (κ1) is 16.5. The molecule has 2 amide bonds. The van der Waals surface area contributed by atoms with Crippen molar-refractivity contribution >= 4 is 45.7 Å². The molecule has 134 valence electrons. The van der Waals surface area contributed by atoms with E-state index in [1.54, 1.807) is 11.1 Å². The number of thiazole rings is 1. The molecule has 1 fully saturated rings. The third kappa shape index (κ3) is 2.55. The van der Waals surface area contributed by atoms with Crippen LogP contribution in [-0.4, -0.2) is 26.7 Å². The van der Waals surface area contributed by atoms with Crippen molar-refractivity contribution in [3.05, 3.63) is 54.0 Å². The van der Waals surface area contributed by atoms with Gasteiger partial charge in [0.2, 0.25) is 5.91 Å². The number of nitrogens with one attached hydrogen (secondary N) is 1. The summed E-state index contributed by atoms with van der Waals surface area (Å²) in [7, 11) is 0. The molecule has 1 saturated heterocycles. The molecule has 1 N–H and O–H groups in total. The van der Waals surface area contributed by atoms with Gasteiger partial charge in [-0.15, -0.1) is 11.3 Å². The minimum atomic E-state index is -0.933. The van der Waals surface area contributed by atoms with Crippen molar-refractivity contribution in [2.24, 2.45) is 0 Å². The van der Waals surface area contributed by atoms with E-state index in [4.69, 9.17) is 0 Å². The topological polar surface area (TPSA) is 75.2 Å². The summed E-state index contributed by atoms with van der Waals surface area (Å²) in [5.41, 5.74) is 2.29. The van der Waals surface area contributed by atoms with E-state index in [0.29, 0.717) is 18.0 Å². The van der Waals surface area contributed by atoms with Crippen LogP contribution in [0.5, 0.6) is 0 Å². The summed E-state index contributed by atoms with van der Waals surface area (Å²) in [5.74, 6) is -0.229. The lowest BCUT2D eigenvalue weighted by molar-refractivity contribution is -0.121. The molecule has 2 aliphatic heterocycles. The molecule has 6 nitrogen and oxygen atoms in total. The summed E-state index contributed by atoms with van der Waals surface area (Å²) in [6, 6.07) is 13.3. The zero-order chi connectivity index (χ0) is 18.4. The fourth-order valence-corrected chi connectivity index (χ4v) is 5.57. The number of pyridine rings is 1. The largest absolute Gasteiger partial charge is 0.299 e. The zero-order valence-corrected chi connectivity index (χ0v) is 15.7. The Hall–Kier alpha value is -2.71. The number of hydrogen-bond acceptors (Lipinski definition) is 6. The van der Waals surface area contributed by atoms with Gasteiger partial charge in [0.1, 0.15) is 5.69 Å². The Morgan fingerprint density at radius 2 is 2.00 bits per heavy atom. The van der Waals surface area contributed by atoms with Gasteiger partial charge in [-0.25, -0.2) is 4.98 Å². The molecule has 27 heavy (non-hydrogen) atoms. The van der Waals surface area contributed by atoms with E-state index in [1.807, 2.05) is 47.8 Å². The van der Waals surface area contributed by atoms with Crippen LogP contribution in [0, 0.1) is 0 Å². The predicted molar refractivity (Wildman–Crippen MR) is 106 cm³/mol. The Labute approximate surface area is 163 Å². The monoisotopic (exact) mass is 394 g/mol. The summed E-state index contributed by atoms with van der Waals surface area (Å²) in [6.45, 7) is 0. The first-order valence-electron chi connectivity index (χ1n) is 8.47. The van der Waals surface area contributed by atoms with Crippen LogP contribution in [0.4, 0.5) is 10.8 Å². The molecule has 2 aromatic heterocycles. The number of rotatable bonds is 3. The highest BCUT2D eigenvalue weighted by molar-refractivity contribution is 8.02. The van der Waals surface area contributed by atoms with E-state index in [1.165, 1.54) is 23.1 Å². The minimum absolute atomic E-state index is 0.0177. The number of nitrogens with zero attached hydrogens (tertiary/aromatic N) is 3. The Balaban J connectivity index is 1.43. The van der Waals surface area contributed by atoms with Crippen molar-refractivity contribution < 1.29 is 9.59 Å². The normalized spacial score (nSPS) is 20.4. The minimum Gasteiger partial charge on any atom is -0.299 e. The highest BCUT2D eigenvalue weighted by Gasteiger charge is 2.57. The molecule has 3 aromatic rings. The Bertz CT molecular complexity index is 1050. The number of thioether (sulfide) groups is 1. The van der Waals surface area contributed by atoms with Crippen LogP contribution in [0.15, 0.2) is 58.9 Å². The average Bonchev–Trinajstić information content (AvgIpc) is 3.37. The lowest BCUT2D eigenvalue weighted by atomic mass is 10.2. The molecular weight excluding hydrogens is 380 g/mol. The molecule has 0 saturated carbocycles. The van der Waals surface area contributed by atoms with Crippen molar-refractivity contribution in [2.45, 2.75) is 22.6 Å². The summed E-state index contributed by atoms with van der Waals surface area (Å²) >= 11 is 2.80. The van der Waals surface area contributed by atoms with Crippen LogP contribution in [0.3, 0.4) is 0 Å². The Kier molecular flexibility index (Phi) is 3.76. The highest BCUT2D eigenvalue weighted by Crippen LogP contribution is 2.56. The van der Waals surface area contributed by atoms with Gasteiger partial charge in [0.15, 0.2) is 10.0 Å². The molecule has 1 aromatic carbocycles. The van der Waals surface area contributed by atoms with Gasteiger partial charge in [-0.1, -0.05) is 30.0 Å².